The number of aromatic nitrogens is 2. The Balaban J connectivity index is 1.49. The number of hydrogen-bond acceptors (Lipinski definition) is 7. The third-order valence-electron chi connectivity index (χ3n) is 5.26. The molecule has 2 aromatic heterocycles. The maximum atomic E-state index is 9.42. The number of rotatable bonds is 6. The predicted molar refractivity (Wildman–Crippen MR) is 115 cm³/mol. The number of nitrogens with one attached hydrogen (secondary N) is 1. The van der Waals surface area contributed by atoms with Crippen molar-refractivity contribution in [1.29, 1.82) is 5.26 Å². The quantitative estimate of drug-likeness (QED) is 0.545. The Morgan fingerprint density at radius 2 is 2.03 bits per heavy atom. The molecule has 0 unspecified atom stereocenters. The van der Waals surface area contributed by atoms with Gasteiger partial charge in [-0.25, -0.2) is 9.97 Å². The first kappa shape index (κ1) is 20.0. The predicted octanol–water partition coefficient (Wildman–Crippen LogP) is 2.11. The highest BCUT2D eigenvalue weighted by atomic mass is 16.4. The lowest BCUT2D eigenvalue weighted by atomic mass is 9.79. The van der Waals surface area contributed by atoms with Gasteiger partial charge < -0.3 is 15.4 Å². The van der Waals surface area contributed by atoms with E-state index in [1.165, 1.54) is 0 Å². The zero-order valence-corrected chi connectivity index (χ0v) is 16.4. The van der Waals surface area contributed by atoms with Crippen LogP contribution in [0.5, 0.6) is 0 Å². The molecule has 1 atom stereocenters. The van der Waals surface area contributed by atoms with E-state index in [0.717, 1.165) is 48.7 Å². The van der Waals surface area contributed by atoms with E-state index in [1.54, 1.807) is 18.3 Å². The minimum absolute atomic E-state index is 0.202. The third-order valence-corrected chi connectivity index (χ3v) is 5.26. The summed E-state index contributed by atoms with van der Waals surface area (Å²) in [6.45, 7) is 1.69. The number of likely N-dealkylation sites (tertiary alicyclic amines) is 1. The highest BCUT2D eigenvalue weighted by molar-refractivity contribution is 6.58. The van der Waals surface area contributed by atoms with Crippen LogP contribution in [0, 0.1) is 11.3 Å². The number of pyridine rings is 2. The number of hydrogen-bond donors (Lipinski definition) is 3. The van der Waals surface area contributed by atoms with Crippen molar-refractivity contribution in [3.8, 4) is 6.07 Å². The fraction of sp³-hybridized carbons (Fsp3) is 0.227. The van der Waals surface area contributed by atoms with Gasteiger partial charge in [-0.1, -0.05) is 30.3 Å². The van der Waals surface area contributed by atoms with E-state index in [1.807, 2.05) is 48.5 Å². The van der Waals surface area contributed by atoms with Crippen LogP contribution in [-0.4, -0.2) is 38.6 Å². The first-order valence-corrected chi connectivity index (χ1v) is 9.91. The molecule has 3 heterocycles. The highest BCUT2D eigenvalue weighted by Crippen LogP contribution is 2.32. The summed E-state index contributed by atoms with van der Waals surface area (Å²) in [7, 11) is -1.46. The minimum atomic E-state index is -1.46. The second-order valence-electron chi connectivity index (χ2n) is 7.36. The lowest BCUT2D eigenvalue weighted by molar-refractivity contribution is 0.244. The molecular weight excluding hydrogens is 377 g/mol. The molecule has 3 N–H and O–H groups in total. The van der Waals surface area contributed by atoms with Crippen molar-refractivity contribution in [2.45, 2.75) is 25.4 Å². The van der Waals surface area contributed by atoms with Crippen LogP contribution < -0.4 is 10.8 Å². The fourth-order valence-corrected chi connectivity index (χ4v) is 3.83. The Bertz CT molecular complexity index is 1050. The molecule has 1 aromatic carbocycles. The molecule has 1 aliphatic rings. The number of anilines is 2. The third kappa shape index (κ3) is 4.66. The monoisotopic (exact) mass is 399 g/mol. The molecule has 8 heteroatoms. The summed E-state index contributed by atoms with van der Waals surface area (Å²) in [5, 5.41) is 31.0. The van der Waals surface area contributed by atoms with E-state index < -0.39 is 7.12 Å². The average molecular weight is 399 g/mol. The van der Waals surface area contributed by atoms with Crippen LogP contribution in [0.1, 0.15) is 35.8 Å². The van der Waals surface area contributed by atoms with E-state index >= 15 is 0 Å². The maximum Gasteiger partial charge on any atom is 0.488 e. The first-order valence-electron chi connectivity index (χ1n) is 9.91. The van der Waals surface area contributed by atoms with Crippen molar-refractivity contribution in [2.24, 2.45) is 0 Å². The van der Waals surface area contributed by atoms with Crippen molar-refractivity contribution in [3.05, 3.63) is 77.7 Å². The summed E-state index contributed by atoms with van der Waals surface area (Å²) in [6.07, 6.45) is 3.74. The Hall–Kier alpha value is -3.25. The average Bonchev–Trinajstić information content (AvgIpc) is 3.23. The maximum absolute atomic E-state index is 9.42. The minimum Gasteiger partial charge on any atom is -0.423 e. The number of nitrogens with zero attached hydrogens (tertiary/aromatic N) is 4. The van der Waals surface area contributed by atoms with Crippen molar-refractivity contribution in [2.75, 3.05) is 11.9 Å². The molecule has 4 rings (SSSR count). The second kappa shape index (κ2) is 9.05. The summed E-state index contributed by atoms with van der Waals surface area (Å²) in [4.78, 5) is 11.3. The van der Waals surface area contributed by atoms with Crippen molar-refractivity contribution in [1.82, 2.24) is 14.9 Å². The molecule has 150 valence electrons. The van der Waals surface area contributed by atoms with Crippen LogP contribution >= 0.6 is 0 Å². The molecule has 1 saturated heterocycles. The van der Waals surface area contributed by atoms with Crippen LogP contribution in [0.3, 0.4) is 0 Å². The topological polar surface area (TPSA) is 105 Å². The van der Waals surface area contributed by atoms with Gasteiger partial charge in [-0.2, -0.15) is 5.26 Å². The molecule has 7 nitrogen and oxygen atoms in total. The molecule has 0 radical (unpaired) electrons. The largest absolute Gasteiger partial charge is 0.488 e. The molecule has 3 aromatic rings. The molecule has 1 fully saturated rings. The Morgan fingerprint density at radius 1 is 1.17 bits per heavy atom. The number of benzene rings is 1. The zero-order valence-electron chi connectivity index (χ0n) is 16.4. The molecule has 0 aliphatic carbocycles. The van der Waals surface area contributed by atoms with Crippen LogP contribution in [0.25, 0.3) is 0 Å². The van der Waals surface area contributed by atoms with E-state index in [0.29, 0.717) is 11.2 Å². The molecule has 0 saturated carbocycles. The SMILES string of the molecule is N#Cc1ccc(Nc2cccc([C@@H]3CCCN3Cc3cccc(B(O)O)c3)n2)cn1. The highest BCUT2D eigenvalue weighted by Gasteiger charge is 2.27. The van der Waals surface area contributed by atoms with Gasteiger partial charge in [-0.15, -0.1) is 0 Å². The van der Waals surface area contributed by atoms with Gasteiger partial charge in [-0.3, -0.25) is 4.90 Å². The van der Waals surface area contributed by atoms with Gasteiger partial charge in [0.2, 0.25) is 0 Å². The molecule has 0 bridgehead atoms. The lowest BCUT2D eigenvalue weighted by Gasteiger charge is -2.24. The van der Waals surface area contributed by atoms with Crippen molar-refractivity contribution < 1.29 is 10.0 Å². The van der Waals surface area contributed by atoms with E-state index in [2.05, 4.69) is 15.2 Å². The van der Waals surface area contributed by atoms with Gasteiger partial charge in [0.25, 0.3) is 0 Å². The molecular formula is C22H22BN5O2. The molecule has 0 amide bonds. The Morgan fingerprint density at radius 3 is 2.80 bits per heavy atom. The normalized spacial score (nSPS) is 16.2. The number of nitriles is 1. The van der Waals surface area contributed by atoms with E-state index in [9.17, 15) is 10.0 Å². The fourth-order valence-electron chi connectivity index (χ4n) is 3.83. The summed E-state index contributed by atoms with van der Waals surface area (Å²) in [5.41, 5.74) is 3.70. The van der Waals surface area contributed by atoms with Gasteiger partial charge in [-0.05, 0) is 54.7 Å². The van der Waals surface area contributed by atoms with Gasteiger partial charge >= 0.3 is 7.12 Å². The van der Waals surface area contributed by atoms with Crippen LogP contribution in [0.2, 0.25) is 0 Å². The summed E-state index contributed by atoms with van der Waals surface area (Å²) in [6, 6.07) is 19.0. The van der Waals surface area contributed by atoms with Crippen LogP contribution in [0.4, 0.5) is 11.5 Å². The first-order chi connectivity index (χ1) is 14.6. The van der Waals surface area contributed by atoms with Gasteiger partial charge in [0.05, 0.1) is 23.6 Å². The van der Waals surface area contributed by atoms with Crippen molar-refractivity contribution >= 4 is 24.1 Å². The van der Waals surface area contributed by atoms with E-state index in [4.69, 9.17) is 10.2 Å². The molecule has 0 spiro atoms. The van der Waals surface area contributed by atoms with Gasteiger partial charge in [0.15, 0.2) is 0 Å². The van der Waals surface area contributed by atoms with E-state index in [-0.39, 0.29) is 6.04 Å². The summed E-state index contributed by atoms with van der Waals surface area (Å²) in [5.74, 6) is 0.733. The smallest absolute Gasteiger partial charge is 0.423 e. The standard InChI is InChI=1S/C22H22BN5O2/c24-13-18-9-10-19(14-25-18)26-22-8-2-6-20(27-22)21-7-3-11-28(21)15-16-4-1-5-17(12-16)23(29)30/h1-2,4-6,8-10,12,14,21,29-30H,3,7,11,15H2,(H,26,27)/t21-/m0/s1. The van der Waals surface area contributed by atoms with Crippen LogP contribution in [0.15, 0.2) is 60.8 Å². The summed E-state index contributed by atoms with van der Waals surface area (Å²) >= 11 is 0. The molecule has 1 aliphatic heterocycles. The van der Waals surface area contributed by atoms with Gasteiger partial charge in [0, 0.05) is 6.54 Å². The van der Waals surface area contributed by atoms with Gasteiger partial charge in [0.1, 0.15) is 17.6 Å². The molecule has 30 heavy (non-hydrogen) atoms. The van der Waals surface area contributed by atoms with Crippen molar-refractivity contribution in [3.63, 3.8) is 0 Å². The zero-order chi connectivity index (χ0) is 20.9. The summed E-state index contributed by atoms with van der Waals surface area (Å²) < 4.78 is 0. The van der Waals surface area contributed by atoms with Crippen LogP contribution in [-0.2, 0) is 6.54 Å². The Labute approximate surface area is 175 Å². The Kier molecular flexibility index (Phi) is 6.05. The lowest BCUT2D eigenvalue weighted by Crippen LogP contribution is -2.31. The second-order valence-corrected chi connectivity index (χ2v) is 7.36.